The molecule has 0 saturated heterocycles. The average molecular weight is 388 g/mol. The fraction of sp³-hybridized carbons (Fsp3) is 0.143. The van der Waals surface area contributed by atoms with Gasteiger partial charge in [-0.15, -0.1) is 0 Å². The third-order valence-corrected chi connectivity index (χ3v) is 4.78. The van der Waals surface area contributed by atoms with Crippen molar-refractivity contribution in [3.8, 4) is 22.8 Å². The molecule has 1 N–H and O–H groups in total. The van der Waals surface area contributed by atoms with Gasteiger partial charge < -0.3 is 13.9 Å². The number of nitrogens with zero attached hydrogens (tertiary/aromatic N) is 3. The molecule has 3 heterocycles. The summed E-state index contributed by atoms with van der Waals surface area (Å²) in [4.78, 5) is 31.6. The van der Waals surface area contributed by atoms with Crippen LogP contribution in [0.5, 0.6) is 0 Å². The normalized spacial score (nSPS) is 11.5. The Morgan fingerprint density at radius 3 is 2.83 bits per heavy atom. The molecule has 0 aliphatic carbocycles. The monoisotopic (exact) mass is 388 g/mol. The third-order valence-electron chi connectivity index (χ3n) is 4.78. The molecular formula is C21H16N4O4. The highest BCUT2D eigenvalue weighted by Gasteiger charge is 2.17. The first kappa shape index (κ1) is 17.2. The second-order valence-electron chi connectivity index (χ2n) is 6.72. The first-order valence-corrected chi connectivity index (χ1v) is 9.24. The molecule has 3 aromatic heterocycles. The van der Waals surface area contributed by atoms with E-state index in [4.69, 9.17) is 8.94 Å². The van der Waals surface area contributed by atoms with Crippen LogP contribution in [0.1, 0.15) is 13.3 Å². The molecule has 5 aromatic rings. The van der Waals surface area contributed by atoms with Gasteiger partial charge in [0.15, 0.2) is 0 Å². The van der Waals surface area contributed by atoms with E-state index in [0.29, 0.717) is 29.0 Å². The number of para-hydroxylation sites is 1. The highest BCUT2D eigenvalue weighted by atomic mass is 16.5. The van der Waals surface area contributed by atoms with Crippen molar-refractivity contribution < 1.29 is 8.94 Å². The van der Waals surface area contributed by atoms with E-state index in [1.54, 1.807) is 28.8 Å². The average Bonchev–Trinajstić information content (AvgIpc) is 3.32. The van der Waals surface area contributed by atoms with Crippen molar-refractivity contribution in [2.24, 2.45) is 0 Å². The summed E-state index contributed by atoms with van der Waals surface area (Å²) in [6.45, 7) is 2.66. The Hall–Kier alpha value is -3.94. The Labute approximate surface area is 163 Å². The summed E-state index contributed by atoms with van der Waals surface area (Å²) < 4.78 is 12.3. The van der Waals surface area contributed by atoms with E-state index in [9.17, 15) is 9.59 Å². The van der Waals surface area contributed by atoms with Gasteiger partial charge in [-0.3, -0.25) is 4.57 Å². The largest absolute Gasteiger partial charge is 0.422 e. The minimum Gasteiger partial charge on any atom is -0.422 e. The van der Waals surface area contributed by atoms with Gasteiger partial charge in [0.1, 0.15) is 11.1 Å². The molecule has 8 nitrogen and oxygen atoms in total. The van der Waals surface area contributed by atoms with E-state index >= 15 is 0 Å². The smallest absolute Gasteiger partial charge is 0.349 e. The van der Waals surface area contributed by atoms with Crippen LogP contribution in [0.2, 0.25) is 0 Å². The number of aryl methyl sites for hydroxylation is 1. The van der Waals surface area contributed by atoms with E-state index in [1.165, 1.54) is 0 Å². The second-order valence-corrected chi connectivity index (χ2v) is 6.72. The van der Waals surface area contributed by atoms with Crippen LogP contribution in [0.25, 0.3) is 44.8 Å². The van der Waals surface area contributed by atoms with Gasteiger partial charge in [-0.1, -0.05) is 30.3 Å². The van der Waals surface area contributed by atoms with Gasteiger partial charge in [0.25, 0.3) is 5.89 Å². The van der Waals surface area contributed by atoms with Crippen LogP contribution >= 0.6 is 0 Å². The van der Waals surface area contributed by atoms with Crippen LogP contribution in [-0.2, 0) is 6.54 Å². The Bertz CT molecular complexity index is 1470. The number of hydrogen-bond donors (Lipinski definition) is 1. The zero-order valence-electron chi connectivity index (χ0n) is 15.5. The van der Waals surface area contributed by atoms with Gasteiger partial charge in [-0.05, 0) is 36.8 Å². The van der Waals surface area contributed by atoms with Crippen LogP contribution in [-0.4, -0.2) is 19.7 Å². The number of nitrogens with one attached hydrogen (secondary N) is 1. The number of imidazole rings is 1. The molecule has 0 unspecified atom stereocenters. The van der Waals surface area contributed by atoms with Crippen LogP contribution in [0.15, 0.2) is 67.1 Å². The van der Waals surface area contributed by atoms with Gasteiger partial charge >= 0.3 is 11.3 Å². The standard InChI is InChI=1S/C21H16N4O4/c1-2-9-25-16-8-7-13(11-15(16)22-21(25)27)18-23-19(29-24-18)14-10-12-5-3-4-6-17(12)28-20(14)26/h3-8,10-11H,2,9H2,1H3,(H,22,27). The molecule has 0 bridgehead atoms. The molecule has 5 rings (SSSR count). The molecule has 0 atom stereocenters. The summed E-state index contributed by atoms with van der Waals surface area (Å²) in [5.74, 6) is 0.398. The topological polar surface area (TPSA) is 107 Å². The lowest BCUT2D eigenvalue weighted by Crippen LogP contribution is -2.16. The summed E-state index contributed by atoms with van der Waals surface area (Å²) in [6.07, 6.45) is 0.858. The summed E-state index contributed by atoms with van der Waals surface area (Å²) in [7, 11) is 0. The molecule has 0 radical (unpaired) electrons. The van der Waals surface area contributed by atoms with Crippen molar-refractivity contribution in [3.05, 3.63) is 69.4 Å². The number of H-pyrrole nitrogens is 1. The predicted octanol–water partition coefficient (Wildman–Crippen LogP) is 3.56. The van der Waals surface area contributed by atoms with Gasteiger partial charge in [0.2, 0.25) is 5.82 Å². The van der Waals surface area contributed by atoms with E-state index in [2.05, 4.69) is 15.1 Å². The Kier molecular flexibility index (Phi) is 3.90. The minimum atomic E-state index is -0.546. The summed E-state index contributed by atoms with van der Waals surface area (Å²) in [5, 5.41) is 4.75. The maximum atomic E-state index is 12.3. The lowest BCUT2D eigenvalue weighted by molar-refractivity contribution is 0.429. The van der Waals surface area contributed by atoms with Crippen molar-refractivity contribution in [2.75, 3.05) is 0 Å². The first-order chi connectivity index (χ1) is 14.1. The molecule has 2 aromatic carbocycles. The lowest BCUT2D eigenvalue weighted by Gasteiger charge is -2.00. The Balaban J connectivity index is 1.57. The quantitative estimate of drug-likeness (QED) is 0.472. The van der Waals surface area contributed by atoms with Gasteiger partial charge in [0.05, 0.1) is 11.0 Å². The van der Waals surface area contributed by atoms with Gasteiger partial charge in [0, 0.05) is 17.5 Å². The van der Waals surface area contributed by atoms with Crippen molar-refractivity contribution in [2.45, 2.75) is 19.9 Å². The Morgan fingerprint density at radius 2 is 1.97 bits per heavy atom. The van der Waals surface area contributed by atoms with Crippen LogP contribution in [0.3, 0.4) is 0 Å². The van der Waals surface area contributed by atoms with Crippen LogP contribution in [0.4, 0.5) is 0 Å². The summed E-state index contributed by atoms with van der Waals surface area (Å²) >= 11 is 0. The molecule has 144 valence electrons. The Morgan fingerprint density at radius 1 is 1.10 bits per heavy atom. The molecule has 0 aliphatic rings. The number of benzene rings is 2. The molecule has 0 aliphatic heterocycles. The molecule has 0 amide bonds. The number of aromatic nitrogens is 4. The third kappa shape index (κ3) is 2.85. The van der Waals surface area contributed by atoms with E-state index in [1.807, 2.05) is 31.2 Å². The fourth-order valence-electron chi connectivity index (χ4n) is 3.41. The fourth-order valence-corrected chi connectivity index (χ4v) is 3.41. The summed E-state index contributed by atoms with van der Waals surface area (Å²) in [5.41, 5.74) is 2.18. The van der Waals surface area contributed by atoms with Gasteiger partial charge in [-0.25, -0.2) is 9.59 Å². The molecule has 0 spiro atoms. The highest BCUT2D eigenvalue weighted by Crippen LogP contribution is 2.25. The maximum absolute atomic E-state index is 12.3. The number of rotatable bonds is 4. The molecule has 8 heteroatoms. The van der Waals surface area contributed by atoms with Crippen molar-refractivity contribution in [1.82, 2.24) is 19.7 Å². The van der Waals surface area contributed by atoms with Crippen LogP contribution < -0.4 is 11.3 Å². The second kappa shape index (κ2) is 6.59. The van der Waals surface area contributed by atoms with Gasteiger partial charge in [-0.2, -0.15) is 4.98 Å². The SMILES string of the molecule is CCCn1c(=O)[nH]c2cc(-c3noc(-c4cc5ccccc5oc4=O)n3)ccc21. The molecular weight excluding hydrogens is 372 g/mol. The highest BCUT2D eigenvalue weighted by molar-refractivity contribution is 5.82. The number of hydrogen-bond acceptors (Lipinski definition) is 6. The van der Waals surface area contributed by atoms with E-state index in [-0.39, 0.29) is 17.1 Å². The number of aromatic amines is 1. The van der Waals surface area contributed by atoms with E-state index in [0.717, 1.165) is 17.3 Å². The maximum Gasteiger partial charge on any atom is 0.349 e. The zero-order valence-corrected chi connectivity index (χ0v) is 15.5. The van der Waals surface area contributed by atoms with E-state index < -0.39 is 5.63 Å². The molecule has 0 fully saturated rings. The van der Waals surface area contributed by atoms with Crippen molar-refractivity contribution >= 4 is 22.0 Å². The van der Waals surface area contributed by atoms with Crippen molar-refractivity contribution in [3.63, 3.8) is 0 Å². The zero-order chi connectivity index (χ0) is 20.0. The van der Waals surface area contributed by atoms with Crippen molar-refractivity contribution in [1.29, 1.82) is 0 Å². The minimum absolute atomic E-state index is 0.0802. The first-order valence-electron chi connectivity index (χ1n) is 9.24. The molecule has 0 saturated carbocycles. The lowest BCUT2D eigenvalue weighted by atomic mass is 10.1. The summed E-state index contributed by atoms with van der Waals surface area (Å²) in [6, 6.07) is 14.3. The predicted molar refractivity (Wildman–Crippen MR) is 108 cm³/mol. The number of fused-ring (bicyclic) bond motifs is 2. The molecule has 29 heavy (non-hydrogen) atoms. The van der Waals surface area contributed by atoms with Crippen LogP contribution in [0, 0.1) is 0 Å².